The van der Waals surface area contributed by atoms with Crippen LogP contribution in [0.2, 0.25) is 0 Å². The van der Waals surface area contributed by atoms with Crippen molar-refractivity contribution in [2.75, 3.05) is 0 Å². The van der Waals surface area contributed by atoms with E-state index in [1.165, 1.54) is 12.1 Å². The summed E-state index contributed by atoms with van der Waals surface area (Å²) in [5.74, 6) is -0.591. The third-order valence-electron chi connectivity index (χ3n) is 2.61. The molecule has 0 saturated carbocycles. The molecule has 3 nitrogen and oxygen atoms in total. The lowest BCUT2D eigenvalue weighted by atomic mass is 10.1. The van der Waals surface area contributed by atoms with E-state index in [1.807, 2.05) is 33.8 Å². The summed E-state index contributed by atoms with van der Waals surface area (Å²) in [4.78, 5) is 11.8. The second-order valence-electron chi connectivity index (χ2n) is 5.70. The minimum atomic E-state index is -0.505. The Morgan fingerprint density at radius 1 is 1.32 bits per heavy atom. The summed E-state index contributed by atoms with van der Waals surface area (Å²) in [6.07, 6.45) is 0. The first-order valence-electron chi connectivity index (χ1n) is 6.43. The molecule has 2 atom stereocenters. The van der Waals surface area contributed by atoms with Gasteiger partial charge in [-0.2, -0.15) is 0 Å². The number of benzene rings is 1. The standard InChI is InChI=1S/C15H22FNO2/c1-10(12-7-6-8-13(16)9-12)17-11(2)14(18)19-15(3,4)5/h6-11,17H,1-5H3/t10-,11?/m0/s1. The van der Waals surface area contributed by atoms with Gasteiger partial charge in [0.15, 0.2) is 0 Å². The van der Waals surface area contributed by atoms with E-state index in [-0.39, 0.29) is 17.8 Å². The van der Waals surface area contributed by atoms with Crippen molar-refractivity contribution in [3.8, 4) is 0 Å². The number of hydrogen-bond donors (Lipinski definition) is 1. The molecule has 19 heavy (non-hydrogen) atoms. The summed E-state index contributed by atoms with van der Waals surface area (Å²) in [5, 5.41) is 3.10. The SMILES string of the molecule is CC(N[C@@H](C)c1cccc(F)c1)C(=O)OC(C)(C)C. The van der Waals surface area contributed by atoms with Crippen LogP contribution in [0.25, 0.3) is 0 Å². The summed E-state index contributed by atoms with van der Waals surface area (Å²) < 4.78 is 18.4. The molecule has 0 fully saturated rings. The van der Waals surface area contributed by atoms with Crippen molar-refractivity contribution in [3.63, 3.8) is 0 Å². The fraction of sp³-hybridized carbons (Fsp3) is 0.533. The van der Waals surface area contributed by atoms with Crippen LogP contribution in [0, 0.1) is 5.82 Å². The zero-order valence-corrected chi connectivity index (χ0v) is 12.2. The molecule has 0 radical (unpaired) electrons. The van der Waals surface area contributed by atoms with Gasteiger partial charge in [0.25, 0.3) is 0 Å². The minimum Gasteiger partial charge on any atom is -0.459 e. The predicted molar refractivity (Wildman–Crippen MR) is 73.3 cm³/mol. The lowest BCUT2D eigenvalue weighted by molar-refractivity contribution is -0.157. The van der Waals surface area contributed by atoms with E-state index in [0.717, 1.165) is 5.56 Å². The Bertz CT molecular complexity index is 440. The van der Waals surface area contributed by atoms with Gasteiger partial charge in [-0.1, -0.05) is 12.1 Å². The van der Waals surface area contributed by atoms with Crippen molar-refractivity contribution in [2.45, 2.75) is 52.3 Å². The fourth-order valence-corrected chi connectivity index (χ4v) is 1.71. The summed E-state index contributed by atoms with van der Waals surface area (Å²) >= 11 is 0. The summed E-state index contributed by atoms with van der Waals surface area (Å²) in [7, 11) is 0. The summed E-state index contributed by atoms with van der Waals surface area (Å²) in [6.45, 7) is 9.11. The normalized spacial score (nSPS) is 14.8. The maximum absolute atomic E-state index is 13.1. The van der Waals surface area contributed by atoms with Crippen LogP contribution in [0.1, 0.15) is 46.2 Å². The van der Waals surface area contributed by atoms with Gasteiger partial charge in [-0.15, -0.1) is 0 Å². The van der Waals surface area contributed by atoms with Gasteiger partial charge in [-0.25, -0.2) is 4.39 Å². The molecule has 4 heteroatoms. The highest BCUT2D eigenvalue weighted by atomic mass is 19.1. The molecule has 0 heterocycles. The van der Waals surface area contributed by atoms with Gasteiger partial charge in [0, 0.05) is 6.04 Å². The molecule has 0 aliphatic rings. The summed E-state index contributed by atoms with van der Waals surface area (Å²) in [5.41, 5.74) is 0.296. The Kier molecular flexibility index (Phi) is 5.06. The molecule has 0 saturated heterocycles. The van der Waals surface area contributed by atoms with Crippen LogP contribution in [0.5, 0.6) is 0 Å². The lowest BCUT2D eigenvalue weighted by Gasteiger charge is -2.24. The molecule has 0 spiro atoms. The van der Waals surface area contributed by atoms with Crippen LogP contribution in [0.3, 0.4) is 0 Å². The minimum absolute atomic E-state index is 0.127. The van der Waals surface area contributed by atoms with Crippen LogP contribution < -0.4 is 5.32 Å². The van der Waals surface area contributed by atoms with Gasteiger partial charge in [0.1, 0.15) is 17.5 Å². The van der Waals surface area contributed by atoms with Crippen LogP contribution in [-0.2, 0) is 9.53 Å². The largest absolute Gasteiger partial charge is 0.459 e. The van der Waals surface area contributed by atoms with Gasteiger partial charge >= 0.3 is 5.97 Å². The highest BCUT2D eigenvalue weighted by molar-refractivity contribution is 5.75. The van der Waals surface area contributed by atoms with Crippen molar-refractivity contribution < 1.29 is 13.9 Å². The Morgan fingerprint density at radius 3 is 2.47 bits per heavy atom. The van der Waals surface area contributed by atoms with E-state index in [9.17, 15) is 9.18 Å². The van der Waals surface area contributed by atoms with E-state index in [1.54, 1.807) is 13.0 Å². The Morgan fingerprint density at radius 2 is 1.95 bits per heavy atom. The zero-order chi connectivity index (χ0) is 14.6. The van der Waals surface area contributed by atoms with Crippen molar-refractivity contribution in [3.05, 3.63) is 35.6 Å². The third-order valence-corrected chi connectivity index (χ3v) is 2.61. The molecular formula is C15H22FNO2. The second-order valence-corrected chi connectivity index (χ2v) is 5.70. The topological polar surface area (TPSA) is 38.3 Å². The monoisotopic (exact) mass is 267 g/mol. The number of halogens is 1. The van der Waals surface area contributed by atoms with Gasteiger partial charge in [0.2, 0.25) is 0 Å². The third kappa shape index (κ3) is 5.39. The zero-order valence-electron chi connectivity index (χ0n) is 12.2. The number of esters is 1. The molecule has 1 rings (SSSR count). The molecule has 1 N–H and O–H groups in total. The maximum Gasteiger partial charge on any atom is 0.323 e. The van der Waals surface area contributed by atoms with Crippen LogP contribution in [-0.4, -0.2) is 17.6 Å². The van der Waals surface area contributed by atoms with Crippen LogP contribution >= 0.6 is 0 Å². The van der Waals surface area contributed by atoms with Crippen molar-refractivity contribution in [1.82, 2.24) is 5.32 Å². The van der Waals surface area contributed by atoms with E-state index in [0.29, 0.717) is 0 Å². The average molecular weight is 267 g/mol. The van der Waals surface area contributed by atoms with Crippen molar-refractivity contribution in [2.24, 2.45) is 0 Å². The van der Waals surface area contributed by atoms with Crippen LogP contribution in [0.15, 0.2) is 24.3 Å². The van der Waals surface area contributed by atoms with E-state index in [2.05, 4.69) is 5.32 Å². The first-order chi connectivity index (χ1) is 8.69. The molecule has 1 aromatic carbocycles. The number of carbonyl (C=O) groups excluding carboxylic acids is 1. The molecule has 0 aliphatic carbocycles. The average Bonchev–Trinajstić information content (AvgIpc) is 2.26. The van der Waals surface area contributed by atoms with Crippen molar-refractivity contribution >= 4 is 5.97 Å². The Hall–Kier alpha value is -1.42. The number of ether oxygens (including phenoxy) is 1. The van der Waals surface area contributed by atoms with E-state index >= 15 is 0 Å². The smallest absolute Gasteiger partial charge is 0.323 e. The number of rotatable bonds is 4. The van der Waals surface area contributed by atoms with E-state index in [4.69, 9.17) is 4.74 Å². The fourth-order valence-electron chi connectivity index (χ4n) is 1.71. The molecule has 0 bridgehead atoms. The van der Waals surface area contributed by atoms with Crippen molar-refractivity contribution in [1.29, 1.82) is 0 Å². The number of carbonyl (C=O) groups is 1. The highest BCUT2D eigenvalue weighted by Gasteiger charge is 2.23. The van der Waals surface area contributed by atoms with Crippen LogP contribution in [0.4, 0.5) is 4.39 Å². The maximum atomic E-state index is 13.1. The molecule has 0 aliphatic heterocycles. The van der Waals surface area contributed by atoms with Gasteiger partial charge in [0.05, 0.1) is 0 Å². The quantitative estimate of drug-likeness (QED) is 0.851. The summed E-state index contributed by atoms with van der Waals surface area (Å²) in [6, 6.07) is 5.76. The molecule has 0 aromatic heterocycles. The molecule has 1 unspecified atom stereocenters. The molecule has 1 aromatic rings. The molecular weight excluding hydrogens is 245 g/mol. The highest BCUT2D eigenvalue weighted by Crippen LogP contribution is 2.15. The number of nitrogens with one attached hydrogen (secondary N) is 1. The van der Waals surface area contributed by atoms with Gasteiger partial charge in [-0.05, 0) is 52.3 Å². The second kappa shape index (κ2) is 6.15. The Balaban J connectivity index is 2.61. The molecule has 106 valence electrons. The first kappa shape index (κ1) is 15.6. The van der Waals surface area contributed by atoms with Gasteiger partial charge in [-0.3, -0.25) is 10.1 Å². The molecule has 0 amide bonds. The first-order valence-corrected chi connectivity index (χ1v) is 6.43. The number of hydrogen-bond acceptors (Lipinski definition) is 3. The van der Waals surface area contributed by atoms with E-state index < -0.39 is 11.6 Å². The predicted octanol–water partition coefficient (Wildman–Crippen LogP) is 3.21. The van der Waals surface area contributed by atoms with Gasteiger partial charge < -0.3 is 4.74 Å². The Labute approximate surface area is 114 Å². The lowest BCUT2D eigenvalue weighted by Crippen LogP contribution is -2.40.